The van der Waals surface area contributed by atoms with Gasteiger partial charge in [-0.1, -0.05) is 48.5 Å². The van der Waals surface area contributed by atoms with E-state index in [0.717, 1.165) is 14.7 Å². The average Bonchev–Trinajstić information content (AvgIpc) is 2.61. The molecular weight excluding hydrogens is 429 g/mol. The number of hydrazone groups is 1. The van der Waals surface area contributed by atoms with Gasteiger partial charge in [-0.05, 0) is 52.8 Å². The first-order valence-electron chi connectivity index (χ1n) is 7.64. The summed E-state index contributed by atoms with van der Waals surface area (Å²) < 4.78 is 0.831. The first-order chi connectivity index (χ1) is 12.1. The molecule has 0 fully saturated rings. The molecule has 0 aliphatic rings. The van der Waals surface area contributed by atoms with Crippen LogP contribution in [0.1, 0.15) is 22.8 Å². The first-order valence-corrected chi connectivity index (χ1v) is 8.72. The van der Waals surface area contributed by atoms with Crippen molar-refractivity contribution in [2.75, 3.05) is 6.54 Å². The van der Waals surface area contributed by atoms with Crippen molar-refractivity contribution in [3.05, 3.63) is 74.9 Å². The van der Waals surface area contributed by atoms with Gasteiger partial charge in [0.1, 0.15) is 0 Å². The number of hydrogen-bond acceptors (Lipinski definition) is 3. The third kappa shape index (κ3) is 6.50. The lowest BCUT2D eigenvalue weighted by molar-refractivity contribution is -0.120. The molecule has 0 aliphatic heterocycles. The van der Waals surface area contributed by atoms with Crippen LogP contribution >= 0.6 is 22.6 Å². The molecule has 0 radical (unpaired) electrons. The average molecular weight is 447 g/mol. The van der Waals surface area contributed by atoms with E-state index in [1.807, 2.05) is 55.5 Å². The Morgan fingerprint density at radius 1 is 1.08 bits per heavy atom. The molecule has 0 aliphatic carbocycles. The van der Waals surface area contributed by atoms with Gasteiger partial charge in [0.2, 0.25) is 0 Å². The van der Waals surface area contributed by atoms with E-state index >= 15 is 0 Å². The zero-order chi connectivity index (χ0) is 18.1. The first kappa shape index (κ1) is 18.9. The lowest BCUT2D eigenvalue weighted by Crippen LogP contribution is -2.35. The molecule has 128 valence electrons. The Hall–Kier alpha value is -2.48. The Kier molecular flexibility index (Phi) is 7.34. The zero-order valence-corrected chi connectivity index (χ0v) is 15.9. The number of amides is 2. The molecular formula is C19H18IN3O2. The van der Waals surface area contributed by atoms with E-state index in [9.17, 15) is 9.59 Å². The molecule has 0 spiro atoms. The maximum atomic E-state index is 12.0. The molecule has 0 saturated heterocycles. The monoisotopic (exact) mass is 447 g/mol. The molecule has 6 heteroatoms. The molecule has 2 amide bonds. The second kappa shape index (κ2) is 9.73. The van der Waals surface area contributed by atoms with Crippen LogP contribution in [0.15, 0.2) is 65.3 Å². The van der Waals surface area contributed by atoms with Crippen molar-refractivity contribution in [3.63, 3.8) is 0 Å². The summed E-state index contributed by atoms with van der Waals surface area (Å²) in [7, 11) is 0. The maximum Gasteiger partial charge on any atom is 0.259 e. The topological polar surface area (TPSA) is 70.6 Å². The highest BCUT2D eigenvalue weighted by molar-refractivity contribution is 14.1. The highest BCUT2D eigenvalue weighted by atomic mass is 127. The van der Waals surface area contributed by atoms with E-state index in [1.165, 1.54) is 0 Å². The summed E-state index contributed by atoms with van der Waals surface area (Å²) in [4.78, 5) is 23.8. The Morgan fingerprint density at radius 2 is 1.76 bits per heavy atom. The predicted octanol–water partition coefficient (Wildman–Crippen LogP) is 3.23. The summed E-state index contributed by atoms with van der Waals surface area (Å²) in [6, 6.07) is 17.0. The smallest absolute Gasteiger partial charge is 0.259 e. The van der Waals surface area contributed by atoms with Gasteiger partial charge in [-0.2, -0.15) is 5.10 Å². The Bertz CT molecular complexity index is 801. The Morgan fingerprint density at radius 3 is 2.48 bits per heavy atom. The van der Waals surface area contributed by atoms with Gasteiger partial charge in [0.05, 0.1) is 18.3 Å². The van der Waals surface area contributed by atoms with Gasteiger partial charge >= 0.3 is 0 Å². The van der Waals surface area contributed by atoms with Crippen molar-refractivity contribution in [1.82, 2.24) is 10.7 Å². The normalized spacial score (nSPS) is 11.4. The highest BCUT2D eigenvalue weighted by Crippen LogP contribution is 2.10. The van der Waals surface area contributed by atoms with Gasteiger partial charge in [-0.15, -0.1) is 0 Å². The molecule has 0 saturated carbocycles. The minimum Gasteiger partial charge on any atom is -0.343 e. The fourth-order valence-electron chi connectivity index (χ4n) is 2.00. The Balaban J connectivity index is 1.80. The van der Waals surface area contributed by atoms with Crippen molar-refractivity contribution < 1.29 is 9.59 Å². The minimum atomic E-state index is -0.386. The van der Waals surface area contributed by atoms with Gasteiger partial charge in [0.25, 0.3) is 11.8 Å². The van der Waals surface area contributed by atoms with Gasteiger partial charge < -0.3 is 5.32 Å². The lowest BCUT2D eigenvalue weighted by atomic mass is 10.1. The standard InChI is InChI=1S/C19H18IN3O2/c1-14(11-15-7-3-2-4-8-15)12-22-23-18(24)13-21-19(25)16-9-5-6-10-17(16)20/h2-12H,13H2,1H3,(H,21,25)(H,23,24). The molecule has 2 aromatic rings. The second-order valence-corrected chi connectivity index (χ2v) is 6.42. The molecule has 0 atom stereocenters. The highest BCUT2D eigenvalue weighted by Gasteiger charge is 2.10. The molecule has 0 bridgehead atoms. The van der Waals surface area contributed by atoms with Crippen LogP contribution in [0.2, 0.25) is 0 Å². The van der Waals surface area contributed by atoms with Crippen LogP contribution in [0.4, 0.5) is 0 Å². The zero-order valence-electron chi connectivity index (χ0n) is 13.7. The number of benzene rings is 2. The number of carbonyl (C=O) groups excluding carboxylic acids is 2. The number of hydrogen-bond donors (Lipinski definition) is 2. The summed E-state index contributed by atoms with van der Waals surface area (Å²) in [6.07, 6.45) is 3.52. The van der Waals surface area contributed by atoms with E-state index in [4.69, 9.17) is 0 Å². The maximum absolute atomic E-state index is 12.0. The Labute approximate surface area is 160 Å². The van der Waals surface area contributed by atoms with E-state index in [2.05, 4.69) is 38.4 Å². The van der Waals surface area contributed by atoms with Gasteiger partial charge in [-0.3, -0.25) is 9.59 Å². The van der Waals surface area contributed by atoms with E-state index in [-0.39, 0.29) is 18.4 Å². The summed E-state index contributed by atoms with van der Waals surface area (Å²) >= 11 is 2.08. The van der Waals surface area contributed by atoms with E-state index in [1.54, 1.807) is 18.3 Å². The summed E-state index contributed by atoms with van der Waals surface area (Å²) in [5, 5.41) is 6.46. The van der Waals surface area contributed by atoms with Crippen molar-refractivity contribution in [3.8, 4) is 0 Å². The van der Waals surface area contributed by atoms with Crippen LogP contribution in [0.3, 0.4) is 0 Å². The molecule has 25 heavy (non-hydrogen) atoms. The van der Waals surface area contributed by atoms with Gasteiger partial charge in [-0.25, -0.2) is 5.43 Å². The molecule has 2 N–H and O–H groups in total. The van der Waals surface area contributed by atoms with E-state index < -0.39 is 0 Å². The molecule has 5 nitrogen and oxygen atoms in total. The number of nitrogens with zero attached hydrogens (tertiary/aromatic N) is 1. The van der Waals surface area contributed by atoms with Crippen LogP contribution in [0, 0.1) is 3.57 Å². The summed E-state index contributed by atoms with van der Waals surface area (Å²) in [5.41, 5.74) is 4.89. The van der Waals surface area contributed by atoms with Crippen LogP contribution in [0.25, 0.3) is 6.08 Å². The molecule has 2 rings (SSSR count). The third-order valence-electron chi connectivity index (χ3n) is 3.18. The van der Waals surface area contributed by atoms with Gasteiger partial charge in [0, 0.05) is 3.57 Å². The SMILES string of the molecule is CC(C=NNC(=O)CNC(=O)c1ccccc1I)=Cc1ccccc1. The largest absolute Gasteiger partial charge is 0.343 e. The molecule has 0 heterocycles. The minimum absolute atomic E-state index is 0.136. The van der Waals surface area contributed by atoms with E-state index in [0.29, 0.717) is 5.56 Å². The fourth-order valence-corrected chi connectivity index (χ4v) is 2.63. The molecule has 0 aromatic heterocycles. The van der Waals surface area contributed by atoms with Crippen molar-refractivity contribution in [2.24, 2.45) is 5.10 Å². The fraction of sp³-hybridized carbons (Fsp3) is 0.105. The van der Waals surface area contributed by atoms with Crippen LogP contribution in [-0.4, -0.2) is 24.6 Å². The number of rotatable bonds is 6. The predicted molar refractivity (Wildman–Crippen MR) is 108 cm³/mol. The third-order valence-corrected chi connectivity index (χ3v) is 4.12. The van der Waals surface area contributed by atoms with Gasteiger partial charge in [0.15, 0.2) is 0 Å². The summed E-state index contributed by atoms with van der Waals surface area (Å²) in [6.45, 7) is 1.75. The number of nitrogens with one attached hydrogen (secondary N) is 2. The van der Waals surface area contributed by atoms with Crippen molar-refractivity contribution in [2.45, 2.75) is 6.92 Å². The quantitative estimate of drug-likeness (QED) is 0.406. The molecule has 0 unspecified atom stereocenters. The number of allylic oxidation sites excluding steroid dienone is 1. The van der Waals surface area contributed by atoms with Crippen LogP contribution in [-0.2, 0) is 4.79 Å². The lowest BCUT2D eigenvalue weighted by Gasteiger charge is -2.05. The van der Waals surface area contributed by atoms with Crippen molar-refractivity contribution in [1.29, 1.82) is 0 Å². The molecule has 2 aromatic carbocycles. The number of halogens is 1. The summed E-state index contributed by atoms with van der Waals surface area (Å²) in [5.74, 6) is -0.674. The second-order valence-electron chi connectivity index (χ2n) is 5.25. The number of carbonyl (C=O) groups is 2. The van der Waals surface area contributed by atoms with Crippen LogP contribution < -0.4 is 10.7 Å². The van der Waals surface area contributed by atoms with Crippen molar-refractivity contribution >= 4 is 46.7 Å². The van der Waals surface area contributed by atoms with Crippen LogP contribution in [0.5, 0.6) is 0 Å².